The molecule has 32 heavy (non-hydrogen) atoms. The van der Waals surface area contributed by atoms with Crippen LogP contribution in [0.15, 0.2) is 36.4 Å². The summed E-state index contributed by atoms with van der Waals surface area (Å²) in [5.74, 6) is 0.375. The van der Waals surface area contributed by atoms with E-state index in [1.807, 2.05) is 23.1 Å². The molecule has 2 aromatic rings. The zero-order chi connectivity index (χ0) is 22.7. The van der Waals surface area contributed by atoms with Gasteiger partial charge in [-0.05, 0) is 74.4 Å². The molecule has 7 heteroatoms. The third kappa shape index (κ3) is 5.38. The lowest BCUT2D eigenvalue weighted by atomic mass is 9.98. The highest BCUT2D eigenvalue weighted by Crippen LogP contribution is 2.30. The Morgan fingerprint density at radius 2 is 1.56 bits per heavy atom. The number of halogens is 2. The molecule has 4 rings (SSSR count). The molecule has 2 heterocycles. The summed E-state index contributed by atoms with van der Waals surface area (Å²) in [5, 5.41) is 3.70. The van der Waals surface area contributed by atoms with E-state index in [4.69, 9.17) is 23.2 Å². The van der Waals surface area contributed by atoms with Crippen LogP contribution in [-0.2, 0) is 0 Å². The molecule has 2 amide bonds. The highest BCUT2D eigenvalue weighted by Gasteiger charge is 2.26. The molecule has 5 nitrogen and oxygen atoms in total. The maximum atomic E-state index is 13.5. The molecule has 0 aliphatic carbocycles. The van der Waals surface area contributed by atoms with E-state index in [9.17, 15) is 9.59 Å². The molecule has 0 radical (unpaired) electrons. The van der Waals surface area contributed by atoms with Crippen LogP contribution in [0.3, 0.4) is 0 Å². The summed E-state index contributed by atoms with van der Waals surface area (Å²) >= 11 is 12.1. The molecule has 0 unspecified atom stereocenters. The smallest absolute Gasteiger partial charge is 0.256 e. The SMILES string of the molecule is CC1CCN(C(=O)c2cc(NC(=O)c3cc(Cl)cc(Cl)c3)ccc2N2CCCCC2)CC1. The Balaban J connectivity index is 1.61. The van der Waals surface area contributed by atoms with Gasteiger partial charge in [-0.2, -0.15) is 0 Å². The van der Waals surface area contributed by atoms with Gasteiger partial charge in [-0.1, -0.05) is 30.1 Å². The second kappa shape index (κ2) is 10.1. The number of nitrogens with zero attached hydrogens (tertiary/aromatic N) is 2. The van der Waals surface area contributed by atoms with E-state index in [1.165, 1.54) is 6.42 Å². The summed E-state index contributed by atoms with van der Waals surface area (Å²) in [4.78, 5) is 30.6. The second-order valence-corrected chi connectivity index (χ2v) is 9.74. The summed E-state index contributed by atoms with van der Waals surface area (Å²) < 4.78 is 0. The van der Waals surface area contributed by atoms with Gasteiger partial charge < -0.3 is 15.1 Å². The van der Waals surface area contributed by atoms with Crippen molar-refractivity contribution < 1.29 is 9.59 Å². The van der Waals surface area contributed by atoms with E-state index in [0.717, 1.165) is 57.5 Å². The van der Waals surface area contributed by atoms with Gasteiger partial charge in [0.25, 0.3) is 11.8 Å². The van der Waals surface area contributed by atoms with Crippen LogP contribution in [0.2, 0.25) is 10.0 Å². The number of likely N-dealkylation sites (tertiary alicyclic amines) is 1. The van der Waals surface area contributed by atoms with Gasteiger partial charge in [0.1, 0.15) is 0 Å². The highest BCUT2D eigenvalue weighted by molar-refractivity contribution is 6.35. The van der Waals surface area contributed by atoms with Crippen LogP contribution in [0.1, 0.15) is 59.7 Å². The summed E-state index contributed by atoms with van der Waals surface area (Å²) in [6, 6.07) is 10.4. The largest absolute Gasteiger partial charge is 0.371 e. The monoisotopic (exact) mass is 473 g/mol. The van der Waals surface area contributed by atoms with E-state index < -0.39 is 0 Å². The Kier molecular flexibility index (Phi) is 7.27. The van der Waals surface area contributed by atoms with Crippen LogP contribution >= 0.6 is 23.2 Å². The van der Waals surface area contributed by atoms with Crippen LogP contribution in [-0.4, -0.2) is 42.9 Å². The summed E-state index contributed by atoms with van der Waals surface area (Å²) in [5.41, 5.74) is 2.57. The van der Waals surface area contributed by atoms with E-state index >= 15 is 0 Å². The highest BCUT2D eigenvalue weighted by atomic mass is 35.5. The maximum Gasteiger partial charge on any atom is 0.256 e. The quantitative estimate of drug-likeness (QED) is 0.582. The second-order valence-electron chi connectivity index (χ2n) is 8.87. The lowest BCUT2D eigenvalue weighted by Gasteiger charge is -2.34. The van der Waals surface area contributed by atoms with Gasteiger partial charge in [-0.3, -0.25) is 9.59 Å². The number of carbonyl (C=O) groups is 2. The zero-order valence-corrected chi connectivity index (χ0v) is 19.9. The molecule has 0 saturated carbocycles. The van der Waals surface area contributed by atoms with Crippen molar-refractivity contribution in [2.45, 2.75) is 39.0 Å². The molecular formula is C25H29Cl2N3O2. The first-order chi connectivity index (χ1) is 15.4. The van der Waals surface area contributed by atoms with Crippen molar-refractivity contribution in [3.8, 4) is 0 Å². The number of carbonyl (C=O) groups excluding carboxylic acids is 2. The Morgan fingerprint density at radius 1 is 0.906 bits per heavy atom. The zero-order valence-electron chi connectivity index (χ0n) is 18.4. The minimum absolute atomic E-state index is 0.0411. The first-order valence-corrected chi connectivity index (χ1v) is 12.1. The van der Waals surface area contributed by atoms with E-state index in [2.05, 4.69) is 17.1 Å². The fraction of sp³-hybridized carbons (Fsp3) is 0.440. The average Bonchev–Trinajstić information content (AvgIpc) is 2.79. The number of piperidine rings is 2. The lowest BCUT2D eigenvalue weighted by Crippen LogP contribution is -2.39. The van der Waals surface area contributed by atoms with Crippen molar-refractivity contribution in [1.82, 2.24) is 4.90 Å². The van der Waals surface area contributed by atoms with Crippen molar-refractivity contribution in [3.05, 3.63) is 57.6 Å². The summed E-state index contributed by atoms with van der Waals surface area (Å²) in [7, 11) is 0. The van der Waals surface area contributed by atoms with Crippen molar-refractivity contribution >= 4 is 46.4 Å². The van der Waals surface area contributed by atoms with Crippen LogP contribution in [0, 0.1) is 5.92 Å². The molecular weight excluding hydrogens is 445 g/mol. The van der Waals surface area contributed by atoms with E-state index in [-0.39, 0.29) is 11.8 Å². The molecule has 2 fully saturated rings. The van der Waals surface area contributed by atoms with E-state index in [1.54, 1.807) is 18.2 Å². The van der Waals surface area contributed by atoms with Crippen LogP contribution in [0.25, 0.3) is 0 Å². The Morgan fingerprint density at radius 3 is 2.22 bits per heavy atom. The predicted molar refractivity (Wildman–Crippen MR) is 131 cm³/mol. The van der Waals surface area contributed by atoms with Crippen LogP contribution < -0.4 is 10.2 Å². The maximum absolute atomic E-state index is 13.5. The number of amides is 2. The number of nitrogens with one attached hydrogen (secondary N) is 1. The average molecular weight is 474 g/mol. The first kappa shape index (κ1) is 22.9. The van der Waals surface area contributed by atoms with E-state index in [0.29, 0.717) is 32.8 Å². The minimum atomic E-state index is -0.315. The molecule has 1 N–H and O–H groups in total. The fourth-order valence-electron chi connectivity index (χ4n) is 4.47. The van der Waals surface area contributed by atoms with Gasteiger partial charge in [0, 0.05) is 53.2 Å². The predicted octanol–water partition coefficient (Wildman–Crippen LogP) is 6.11. The number of anilines is 2. The van der Waals surface area contributed by atoms with Crippen molar-refractivity contribution in [2.75, 3.05) is 36.4 Å². The molecule has 0 spiro atoms. The van der Waals surface area contributed by atoms with Gasteiger partial charge in [0.05, 0.1) is 5.56 Å². The molecule has 0 atom stereocenters. The topological polar surface area (TPSA) is 52.7 Å². The molecule has 0 aromatic heterocycles. The van der Waals surface area contributed by atoms with Gasteiger partial charge in [-0.25, -0.2) is 0 Å². The fourth-order valence-corrected chi connectivity index (χ4v) is 4.99. The van der Waals surface area contributed by atoms with Crippen molar-refractivity contribution in [2.24, 2.45) is 5.92 Å². The summed E-state index contributed by atoms with van der Waals surface area (Å²) in [6.07, 6.45) is 5.53. The lowest BCUT2D eigenvalue weighted by molar-refractivity contribution is 0.0697. The van der Waals surface area contributed by atoms with Gasteiger partial charge in [0.2, 0.25) is 0 Å². The summed E-state index contributed by atoms with van der Waals surface area (Å²) in [6.45, 7) is 5.68. The minimum Gasteiger partial charge on any atom is -0.371 e. The van der Waals surface area contributed by atoms with Crippen LogP contribution in [0.5, 0.6) is 0 Å². The van der Waals surface area contributed by atoms with Gasteiger partial charge >= 0.3 is 0 Å². The number of benzene rings is 2. The molecule has 2 aliphatic rings. The van der Waals surface area contributed by atoms with Crippen LogP contribution in [0.4, 0.5) is 11.4 Å². The third-order valence-electron chi connectivity index (χ3n) is 6.38. The number of hydrogen-bond donors (Lipinski definition) is 1. The normalized spacial score (nSPS) is 17.3. The first-order valence-electron chi connectivity index (χ1n) is 11.4. The Labute approximate surface area is 199 Å². The Hall–Kier alpha value is -2.24. The molecule has 0 bridgehead atoms. The van der Waals surface area contributed by atoms with Gasteiger partial charge in [0.15, 0.2) is 0 Å². The standard InChI is InChI=1S/C25H29Cl2N3O2/c1-17-7-11-30(12-8-17)25(32)22-16-21(5-6-23(22)29-9-3-2-4-10-29)28-24(31)18-13-19(26)15-20(27)14-18/h5-6,13-17H,2-4,7-12H2,1H3,(H,28,31). The van der Waals surface area contributed by atoms with Crippen molar-refractivity contribution in [3.63, 3.8) is 0 Å². The van der Waals surface area contributed by atoms with Crippen molar-refractivity contribution in [1.29, 1.82) is 0 Å². The molecule has 2 aromatic carbocycles. The molecule has 170 valence electrons. The third-order valence-corrected chi connectivity index (χ3v) is 6.81. The molecule has 2 aliphatic heterocycles. The number of hydrogen-bond acceptors (Lipinski definition) is 3. The Bertz CT molecular complexity index is 976. The van der Waals surface area contributed by atoms with Gasteiger partial charge in [-0.15, -0.1) is 0 Å². The number of rotatable bonds is 4. The molecule has 2 saturated heterocycles.